The van der Waals surface area contributed by atoms with Crippen molar-refractivity contribution in [1.29, 1.82) is 0 Å². The molecule has 17 heavy (non-hydrogen) atoms. The van der Waals surface area contributed by atoms with Crippen LogP contribution >= 0.6 is 0 Å². The van der Waals surface area contributed by atoms with Crippen LogP contribution in [0.4, 0.5) is 0 Å². The van der Waals surface area contributed by atoms with Crippen molar-refractivity contribution in [2.45, 2.75) is 18.5 Å². The van der Waals surface area contributed by atoms with Crippen LogP contribution in [0, 0.1) is 0 Å². The number of hydrogen-bond donors (Lipinski definition) is 3. The minimum atomic E-state index is -0.927. The highest BCUT2D eigenvalue weighted by molar-refractivity contribution is 5.84. The smallest absolute Gasteiger partial charge is 0.237 e. The number of nitrogens with one attached hydrogen (secondary N) is 1. The van der Waals surface area contributed by atoms with Crippen molar-refractivity contribution in [2.24, 2.45) is 5.73 Å². The van der Waals surface area contributed by atoms with Gasteiger partial charge in [0.15, 0.2) is 0 Å². The van der Waals surface area contributed by atoms with Gasteiger partial charge in [-0.1, -0.05) is 30.3 Å². The summed E-state index contributed by atoms with van der Waals surface area (Å²) in [7, 11) is 0. The second-order valence-electron chi connectivity index (χ2n) is 3.68. The number of carbonyl (C=O) groups is 2. The third-order valence-corrected chi connectivity index (χ3v) is 2.29. The Balaban J connectivity index is 2.60. The summed E-state index contributed by atoms with van der Waals surface area (Å²) in [6, 6.07) is 7.56. The van der Waals surface area contributed by atoms with Crippen molar-refractivity contribution in [3.63, 3.8) is 0 Å². The normalized spacial score (nSPS) is 14.5. The van der Waals surface area contributed by atoms with E-state index in [0.29, 0.717) is 12.7 Å². The summed E-state index contributed by atoms with van der Waals surface area (Å²) in [4.78, 5) is 22.2. The number of carbonyl (C=O) groups excluding carboxylic acids is 2. The number of aliphatic hydroxyl groups excluding tert-OH is 1. The Labute approximate surface area is 101 Å². The molecule has 5 heteroatoms. The first kappa shape index (κ1) is 11.8. The van der Waals surface area contributed by atoms with Crippen LogP contribution < -0.4 is 11.0 Å². The standard InChI is InChI=1S/C12H16N2O3/c13-11(6-9-4-2-1-3-5-9)12(17)14-10(7-15)8-16/h1-5,7,10-11,16H,6,8,13H2,(H,14,17)/t10-,11+/m1/s1/i/hD. The van der Waals surface area contributed by atoms with E-state index >= 15 is 0 Å². The average Bonchev–Trinajstić information content (AvgIpc) is 2.43. The molecule has 0 aliphatic carbocycles. The van der Waals surface area contributed by atoms with Crippen LogP contribution in [0.25, 0.3) is 0 Å². The molecule has 0 saturated heterocycles. The molecule has 1 rings (SSSR count). The molecule has 0 bridgehead atoms. The number of amides is 1. The molecular formula is C12H16N2O3. The highest BCUT2D eigenvalue weighted by Gasteiger charge is 2.17. The van der Waals surface area contributed by atoms with E-state index in [2.05, 4.69) is 11.0 Å². The quantitative estimate of drug-likeness (QED) is 0.543. The second-order valence-corrected chi connectivity index (χ2v) is 3.68. The minimum absolute atomic E-state index is 0.340. The highest BCUT2D eigenvalue weighted by atomic mass is 16.3. The van der Waals surface area contributed by atoms with Gasteiger partial charge in [0.2, 0.25) is 5.91 Å². The molecule has 0 unspecified atom stereocenters. The molecule has 0 aromatic heterocycles. The Kier molecular flexibility index (Phi) is 4.69. The maximum Gasteiger partial charge on any atom is 0.237 e. The molecule has 0 saturated carbocycles. The fourth-order valence-corrected chi connectivity index (χ4v) is 1.35. The predicted molar refractivity (Wildman–Crippen MR) is 63.2 cm³/mol. The van der Waals surface area contributed by atoms with E-state index in [0.717, 1.165) is 5.56 Å². The first-order valence-corrected chi connectivity index (χ1v) is 5.29. The van der Waals surface area contributed by atoms with E-state index in [4.69, 9.17) is 6.52 Å². The fourth-order valence-electron chi connectivity index (χ4n) is 1.35. The highest BCUT2D eigenvalue weighted by Crippen LogP contribution is 2.01. The van der Waals surface area contributed by atoms with Crippen LogP contribution in [0.3, 0.4) is 0 Å². The molecule has 0 radical (unpaired) electrons. The fraction of sp³-hybridized carbons (Fsp3) is 0.333. The first-order valence-electron chi connectivity index (χ1n) is 5.79. The van der Waals surface area contributed by atoms with Crippen molar-refractivity contribution in [2.75, 3.05) is 6.61 Å². The van der Waals surface area contributed by atoms with Crippen molar-refractivity contribution >= 4 is 12.2 Å². The van der Waals surface area contributed by atoms with Crippen LogP contribution in [-0.2, 0) is 16.0 Å². The van der Waals surface area contributed by atoms with Gasteiger partial charge in [-0.2, -0.15) is 0 Å². The van der Waals surface area contributed by atoms with Gasteiger partial charge < -0.3 is 20.9 Å². The van der Waals surface area contributed by atoms with E-state index in [9.17, 15) is 9.59 Å². The van der Waals surface area contributed by atoms with Gasteiger partial charge in [0.05, 0.1) is 12.6 Å². The van der Waals surface area contributed by atoms with Gasteiger partial charge >= 0.3 is 0 Å². The Morgan fingerprint density at radius 1 is 1.53 bits per heavy atom. The summed E-state index contributed by atoms with van der Waals surface area (Å²) in [5, 5.41) is 11.2. The van der Waals surface area contributed by atoms with Gasteiger partial charge in [0.25, 0.3) is 0 Å². The van der Waals surface area contributed by atoms with Crippen molar-refractivity contribution in [3.05, 3.63) is 35.9 Å². The van der Waals surface area contributed by atoms with Gasteiger partial charge in [-0.3, -0.25) is 4.79 Å². The van der Waals surface area contributed by atoms with E-state index < -0.39 is 24.6 Å². The van der Waals surface area contributed by atoms with Crippen molar-refractivity contribution in [3.8, 4) is 0 Å². The molecule has 0 heterocycles. The minimum Gasteiger partial charge on any atom is -0.394 e. The summed E-state index contributed by atoms with van der Waals surface area (Å²) in [5.41, 5.74) is 3.05. The number of aldehydes is 1. The number of aliphatic hydroxyl groups is 1. The van der Waals surface area contributed by atoms with E-state index in [-0.39, 0.29) is 0 Å². The summed E-state index contributed by atoms with van der Waals surface area (Å²) in [5.74, 6) is -0.486. The number of hydrogen-bond acceptors (Lipinski definition) is 4. The van der Waals surface area contributed by atoms with E-state index in [1.807, 2.05) is 30.3 Å². The molecule has 0 spiro atoms. The lowest BCUT2D eigenvalue weighted by Crippen LogP contribution is -2.48. The zero-order chi connectivity index (χ0) is 13.4. The molecule has 0 aliphatic heterocycles. The largest absolute Gasteiger partial charge is 0.394 e. The SMILES string of the molecule is [2H]N[C@@H](Cc1ccccc1)C(=O)N[C@H](C=O)CO. The van der Waals surface area contributed by atoms with Gasteiger partial charge in [0.1, 0.15) is 13.7 Å². The van der Waals surface area contributed by atoms with Crippen molar-refractivity contribution in [1.82, 2.24) is 5.32 Å². The first-order chi connectivity index (χ1) is 8.71. The van der Waals surface area contributed by atoms with Crippen LogP contribution in [0.15, 0.2) is 30.3 Å². The summed E-state index contributed by atoms with van der Waals surface area (Å²) in [6.45, 7) is -0.453. The molecule has 4 N–H and O–H groups in total. The lowest BCUT2D eigenvalue weighted by molar-refractivity contribution is -0.125. The molecule has 1 aromatic rings. The zero-order valence-corrected chi connectivity index (χ0v) is 9.30. The molecule has 1 amide bonds. The monoisotopic (exact) mass is 237 g/mol. The third kappa shape index (κ3) is 4.34. The lowest BCUT2D eigenvalue weighted by atomic mass is 10.1. The molecule has 0 fully saturated rings. The van der Waals surface area contributed by atoms with Crippen LogP contribution in [0.5, 0.6) is 0 Å². The Hall–Kier alpha value is -1.72. The number of nitrogens with two attached hydrogens (primary N) is 1. The Morgan fingerprint density at radius 2 is 2.24 bits per heavy atom. The summed E-state index contributed by atoms with van der Waals surface area (Å²) < 4.78 is 7.14. The zero-order valence-electron chi connectivity index (χ0n) is 10.3. The second kappa shape index (κ2) is 6.78. The van der Waals surface area contributed by atoms with Gasteiger partial charge in [0, 0.05) is 0 Å². The molecule has 92 valence electrons. The summed E-state index contributed by atoms with van der Waals surface area (Å²) in [6.07, 6.45) is 0.800. The molecule has 0 aliphatic rings. The molecular weight excluding hydrogens is 220 g/mol. The lowest BCUT2D eigenvalue weighted by Gasteiger charge is -2.15. The predicted octanol–water partition coefficient (Wildman–Crippen LogP) is -0.768. The molecule has 1 aromatic carbocycles. The van der Waals surface area contributed by atoms with Gasteiger partial charge in [-0.25, -0.2) is 0 Å². The topological polar surface area (TPSA) is 92.4 Å². The van der Waals surface area contributed by atoms with Crippen molar-refractivity contribution < 1.29 is 16.1 Å². The Morgan fingerprint density at radius 3 is 2.76 bits per heavy atom. The van der Waals surface area contributed by atoms with Crippen LogP contribution in [0.1, 0.15) is 5.56 Å². The molecule has 5 nitrogen and oxygen atoms in total. The maximum absolute atomic E-state index is 11.7. The van der Waals surface area contributed by atoms with E-state index in [1.54, 1.807) is 0 Å². The number of rotatable bonds is 7. The molecule has 2 atom stereocenters. The Bertz CT molecular complexity index is 386. The van der Waals surface area contributed by atoms with Gasteiger partial charge in [-0.05, 0) is 12.0 Å². The summed E-state index contributed by atoms with van der Waals surface area (Å²) >= 11 is 0. The third-order valence-electron chi connectivity index (χ3n) is 2.29. The number of benzene rings is 1. The van der Waals surface area contributed by atoms with Crippen LogP contribution in [-0.4, -0.2) is 36.0 Å². The van der Waals surface area contributed by atoms with Gasteiger partial charge in [-0.15, -0.1) is 0 Å². The maximum atomic E-state index is 11.7. The van der Waals surface area contributed by atoms with Crippen LogP contribution in [0.2, 0.25) is 1.41 Å². The van der Waals surface area contributed by atoms with E-state index in [1.165, 1.54) is 0 Å². The average molecular weight is 237 g/mol.